The number of aromatic amines is 1. The van der Waals surface area contributed by atoms with Crippen LogP contribution in [0.25, 0.3) is 0 Å². The summed E-state index contributed by atoms with van der Waals surface area (Å²) in [5.74, 6) is -0.0349. The highest BCUT2D eigenvalue weighted by molar-refractivity contribution is 7.99. The smallest absolute Gasteiger partial charge is 0.233 e. The molecule has 0 spiro atoms. The van der Waals surface area contributed by atoms with Gasteiger partial charge >= 0.3 is 0 Å². The summed E-state index contributed by atoms with van der Waals surface area (Å²) in [5, 5.41) is 0.727. The minimum absolute atomic E-state index is 0.0510. The number of hydrogen-bond donors (Lipinski definition) is 1. The molecule has 0 fully saturated rings. The van der Waals surface area contributed by atoms with E-state index < -0.39 is 5.82 Å². The second kappa shape index (κ2) is 9.60. The third-order valence-corrected chi connectivity index (χ3v) is 5.43. The standard InChI is InChI=1S/C22H24FN3O2S/c1-15-19(12-16-7-5-4-6-8-16)25-22(24-15)29-14-21(27)26(2)13-17-9-10-20(28-3)18(23)11-17/h4-11H,12-14H2,1-3H3,(H,24,25). The SMILES string of the molecule is COc1ccc(CN(C)C(=O)CSc2nc(Cc3ccccc3)c(C)[nH]2)cc1F. The van der Waals surface area contributed by atoms with E-state index in [1.165, 1.54) is 30.5 Å². The summed E-state index contributed by atoms with van der Waals surface area (Å²) in [5.41, 5.74) is 3.89. The number of aryl methyl sites for hydroxylation is 1. The Morgan fingerprint density at radius 1 is 1.21 bits per heavy atom. The number of carbonyl (C=O) groups excluding carboxylic acids is 1. The van der Waals surface area contributed by atoms with Crippen molar-refractivity contribution in [1.82, 2.24) is 14.9 Å². The molecule has 5 nitrogen and oxygen atoms in total. The molecular weight excluding hydrogens is 389 g/mol. The van der Waals surface area contributed by atoms with Crippen LogP contribution in [0.3, 0.4) is 0 Å². The monoisotopic (exact) mass is 413 g/mol. The van der Waals surface area contributed by atoms with Gasteiger partial charge in [-0.05, 0) is 30.2 Å². The van der Waals surface area contributed by atoms with Crippen molar-refractivity contribution in [2.45, 2.75) is 25.0 Å². The van der Waals surface area contributed by atoms with Crippen LogP contribution in [0.1, 0.15) is 22.5 Å². The molecule has 0 aliphatic rings. The predicted octanol–water partition coefficient (Wildman–Crippen LogP) is 4.21. The van der Waals surface area contributed by atoms with Crippen LogP contribution in [-0.4, -0.2) is 40.7 Å². The van der Waals surface area contributed by atoms with Crippen LogP contribution < -0.4 is 4.74 Å². The zero-order chi connectivity index (χ0) is 20.8. The molecule has 0 saturated heterocycles. The van der Waals surface area contributed by atoms with Crippen LogP contribution >= 0.6 is 11.8 Å². The molecule has 1 aromatic heterocycles. The maximum Gasteiger partial charge on any atom is 0.233 e. The fourth-order valence-electron chi connectivity index (χ4n) is 2.91. The quantitative estimate of drug-likeness (QED) is 0.562. The number of nitrogens with zero attached hydrogens (tertiary/aromatic N) is 2. The van der Waals surface area contributed by atoms with Crippen LogP contribution in [0.15, 0.2) is 53.7 Å². The topological polar surface area (TPSA) is 58.2 Å². The van der Waals surface area contributed by atoms with Crippen LogP contribution in [0, 0.1) is 12.7 Å². The summed E-state index contributed by atoms with van der Waals surface area (Å²) in [4.78, 5) is 21.9. The number of ether oxygens (including phenoxy) is 1. The van der Waals surface area contributed by atoms with E-state index in [0.717, 1.165) is 23.0 Å². The molecule has 0 saturated carbocycles. The van der Waals surface area contributed by atoms with E-state index >= 15 is 0 Å². The number of aromatic nitrogens is 2. The Kier molecular flexibility index (Phi) is 6.93. The summed E-state index contributed by atoms with van der Waals surface area (Å²) in [6.07, 6.45) is 0.751. The average Bonchev–Trinajstić information content (AvgIpc) is 3.06. The Hall–Kier alpha value is -2.80. The number of methoxy groups -OCH3 is 1. The zero-order valence-corrected chi connectivity index (χ0v) is 17.6. The van der Waals surface area contributed by atoms with Crippen LogP contribution in [0.5, 0.6) is 5.75 Å². The molecule has 0 atom stereocenters. The van der Waals surface area contributed by atoms with Gasteiger partial charge in [0, 0.05) is 25.7 Å². The van der Waals surface area contributed by atoms with Crippen molar-refractivity contribution < 1.29 is 13.9 Å². The summed E-state index contributed by atoms with van der Waals surface area (Å²) in [6.45, 7) is 2.32. The fourth-order valence-corrected chi connectivity index (χ4v) is 3.79. The van der Waals surface area contributed by atoms with E-state index in [1.54, 1.807) is 24.1 Å². The second-order valence-corrected chi connectivity index (χ2v) is 7.75. The molecule has 7 heteroatoms. The van der Waals surface area contributed by atoms with Crippen LogP contribution in [0.2, 0.25) is 0 Å². The lowest BCUT2D eigenvalue weighted by Gasteiger charge is -2.17. The maximum atomic E-state index is 13.8. The number of nitrogens with one attached hydrogen (secondary N) is 1. The summed E-state index contributed by atoms with van der Waals surface area (Å²) < 4.78 is 18.7. The van der Waals surface area contributed by atoms with Crippen molar-refractivity contribution in [3.8, 4) is 5.75 Å². The van der Waals surface area contributed by atoms with E-state index in [2.05, 4.69) is 22.1 Å². The molecule has 0 unspecified atom stereocenters. The molecule has 0 aliphatic heterocycles. The molecule has 152 valence electrons. The van der Waals surface area contributed by atoms with Gasteiger partial charge in [0.25, 0.3) is 0 Å². The number of imidazole rings is 1. The highest BCUT2D eigenvalue weighted by Gasteiger charge is 2.14. The molecule has 3 rings (SSSR count). The van der Waals surface area contributed by atoms with E-state index in [4.69, 9.17) is 4.74 Å². The average molecular weight is 414 g/mol. The van der Waals surface area contributed by atoms with E-state index in [0.29, 0.717) is 12.1 Å². The first-order chi connectivity index (χ1) is 14.0. The first-order valence-corrected chi connectivity index (χ1v) is 10.2. The van der Waals surface area contributed by atoms with Gasteiger partial charge in [0.05, 0.1) is 18.6 Å². The maximum absolute atomic E-state index is 13.8. The number of thioether (sulfide) groups is 1. The number of H-pyrrole nitrogens is 1. The van der Waals surface area contributed by atoms with Gasteiger partial charge < -0.3 is 14.6 Å². The lowest BCUT2D eigenvalue weighted by Crippen LogP contribution is -2.27. The van der Waals surface area contributed by atoms with Gasteiger partial charge in [-0.15, -0.1) is 0 Å². The summed E-state index contributed by atoms with van der Waals surface area (Å²) >= 11 is 1.37. The van der Waals surface area contributed by atoms with Gasteiger partial charge in [-0.1, -0.05) is 48.2 Å². The lowest BCUT2D eigenvalue weighted by atomic mass is 10.1. The fraction of sp³-hybridized carbons (Fsp3) is 0.273. The van der Waals surface area contributed by atoms with Gasteiger partial charge in [0.2, 0.25) is 5.91 Å². The van der Waals surface area contributed by atoms with Gasteiger partial charge in [-0.2, -0.15) is 0 Å². The lowest BCUT2D eigenvalue weighted by molar-refractivity contribution is -0.127. The van der Waals surface area contributed by atoms with Gasteiger partial charge in [0.1, 0.15) is 0 Å². The minimum atomic E-state index is -0.433. The number of amides is 1. The molecule has 3 aromatic rings. The number of carbonyl (C=O) groups is 1. The van der Waals surface area contributed by atoms with Crippen molar-refractivity contribution in [3.63, 3.8) is 0 Å². The first kappa shape index (κ1) is 20.9. The number of halogens is 1. The van der Waals surface area contributed by atoms with Gasteiger partial charge in [-0.3, -0.25) is 4.79 Å². The highest BCUT2D eigenvalue weighted by Crippen LogP contribution is 2.21. The minimum Gasteiger partial charge on any atom is -0.494 e. The van der Waals surface area contributed by atoms with Crippen molar-refractivity contribution in [2.24, 2.45) is 0 Å². The third kappa shape index (κ3) is 5.60. The summed E-state index contributed by atoms with van der Waals surface area (Å²) in [6, 6.07) is 14.9. The van der Waals surface area contributed by atoms with Crippen molar-refractivity contribution >= 4 is 17.7 Å². The Bertz CT molecular complexity index is 975. The number of rotatable bonds is 8. The molecule has 29 heavy (non-hydrogen) atoms. The zero-order valence-electron chi connectivity index (χ0n) is 16.7. The van der Waals surface area contributed by atoms with Crippen LogP contribution in [0.4, 0.5) is 4.39 Å². The number of hydrogen-bond acceptors (Lipinski definition) is 4. The van der Waals surface area contributed by atoms with Crippen molar-refractivity contribution in [1.29, 1.82) is 0 Å². The Balaban J connectivity index is 1.54. The van der Waals surface area contributed by atoms with E-state index in [-0.39, 0.29) is 17.4 Å². The summed E-state index contributed by atoms with van der Waals surface area (Å²) in [7, 11) is 3.13. The molecule has 1 amide bonds. The molecule has 1 heterocycles. The van der Waals surface area contributed by atoms with Gasteiger partial charge in [0.15, 0.2) is 16.7 Å². The molecule has 0 radical (unpaired) electrons. The van der Waals surface area contributed by atoms with E-state index in [9.17, 15) is 9.18 Å². The molecular formula is C22H24FN3O2S. The Morgan fingerprint density at radius 2 is 1.97 bits per heavy atom. The molecule has 0 aliphatic carbocycles. The van der Waals surface area contributed by atoms with Crippen LogP contribution in [-0.2, 0) is 17.8 Å². The number of benzene rings is 2. The van der Waals surface area contributed by atoms with Crippen molar-refractivity contribution in [2.75, 3.05) is 19.9 Å². The van der Waals surface area contributed by atoms with Crippen molar-refractivity contribution in [3.05, 3.63) is 76.9 Å². The van der Waals surface area contributed by atoms with E-state index in [1.807, 2.05) is 25.1 Å². The highest BCUT2D eigenvalue weighted by atomic mass is 32.2. The van der Waals surface area contributed by atoms with Gasteiger partial charge in [-0.25, -0.2) is 9.37 Å². The molecule has 1 N–H and O–H groups in total. The largest absolute Gasteiger partial charge is 0.494 e. The Morgan fingerprint density at radius 3 is 2.66 bits per heavy atom. The second-order valence-electron chi connectivity index (χ2n) is 6.78. The normalized spacial score (nSPS) is 10.8. The third-order valence-electron chi connectivity index (χ3n) is 4.57. The first-order valence-electron chi connectivity index (χ1n) is 9.25. The Labute approximate surface area is 174 Å². The predicted molar refractivity (Wildman–Crippen MR) is 113 cm³/mol. The molecule has 2 aromatic carbocycles. The molecule has 0 bridgehead atoms.